The smallest absolute Gasteiger partial charge is 0.127 e. The molecule has 0 saturated heterocycles. The average Bonchev–Trinajstić information content (AvgIpc) is 2.61. The van der Waals surface area contributed by atoms with Gasteiger partial charge in [-0.3, -0.25) is 4.98 Å². The number of nitrogens with zero attached hydrogens (tertiary/aromatic N) is 4. The molecule has 14 heavy (non-hydrogen) atoms. The van der Waals surface area contributed by atoms with Gasteiger partial charge in [-0.25, -0.2) is 4.68 Å². The maximum atomic E-state index is 8.73. The maximum absolute atomic E-state index is 8.73. The van der Waals surface area contributed by atoms with Crippen LogP contribution in [0.5, 0.6) is 0 Å². The summed E-state index contributed by atoms with van der Waals surface area (Å²) in [5, 5.41) is 12.8. The fraction of sp³-hybridized carbons (Fsp3) is 0. The van der Waals surface area contributed by atoms with Crippen LogP contribution in [-0.2, 0) is 0 Å². The zero-order chi connectivity index (χ0) is 9.97. The molecule has 0 aliphatic carbocycles. The van der Waals surface area contributed by atoms with Crippen LogP contribution in [0.1, 0.15) is 5.56 Å². The van der Waals surface area contributed by atoms with Crippen LogP contribution >= 0.6 is 15.9 Å². The lowest BCUT2D eigenvalue weighted by atomic mass is 10.4. The van der Waals surface area contributed by atoms with Crippen molar-refractivity contribution in [3.05, 3.63) is 40.9 Å². The van der Waals surface area contributed by atoms with E-state index < -0.39 is 0 Å². The summed E-state index contributed by atoms with van der Waals surface area (Å²) in [6.07, 6.45) is 4.87. The molecule has 0 unspecified atom stereocenters. The van der Waals surface area contributed by atoms with Crippen LogP contribution < -0.4 is 0 Å². The minimum Gasteiger partial charge on any atom is -0.265 e. The second kappa shape index (κ2) is 3.60. The molecule has 2 aromatic heterocycles. The number of rotatable bonds is 1. The molecule has 0 radical (unpaired) electrons. The molecule has 0 spiro atoms. The Morgan fingerprint density at radius 1 is 1.36 bits per heavy atom. The highest BCUT2D eigenvalue weighted by Crippen LogP contribution is 2.19. The fourth-order valence-corrected chi connectivity index (χ4v) is 1.56. The average molecular weight is 249 g/mol. The molecule has 0 amide bonds. The van der Waals surface area contributed by atoms with E-state index in [1.54, 1.807) is 17.1 Å². The molecule has 0 atom stereocenters. The number of halogens is 1. The third kappa shape index (κ3) is 1.40. The summed E-state index contributed by atoms with van der Waals surface area (Å²) in [6, 6.07) is 5.68. The second-order valence-corrected chi connectivity index (χ2v) is 3.33. The van der Waals surface area contributed by atoms with Gasteiger partial charge >= 0.3 is 0 Å². The first-order valence-corrected chi connectivity index (χ1v) is 4.66. The van der Waals surface area contributed by atoms with Crippen LogP contribution in [0.4, 0.5) is 0 Å². The summed E-state index contributed by atoms with van der Waals surface area (Å²) in [5.74, 6) is 0. The van der Waals surface area contributed by atoms with E-state index in [9.17, 15) is 0 Å². The molecule has 0 aliphatic heterocycles. The van der Waals surface area contributed by atoms with E-state index in [0.29, 0.717) is 10.2 Å². The maximum Gasteiger partial charge on any atom is 0.127 e. The number of pyridine rings is 1. The molecule has 68 valence electrons. The molecule has 0 bridgehead atoms. The van der Waals surface area contributed by atoms with Gasteiger partial charge in [0, 0.05) is 12.4 Å². The van der Waals surface area contributed by atoms with Crippen LogP contribution in [0.25, 0.3) is 5.69 Å². The van der Waals surface area contributed by atoms with Crippen molar-refractivity contribution >= 4 is 15.9 Å². The van der Waals surface area contributed by atoms with E-state index >= 15 is 0 Å². The van der Waals surface area contributed by atoms with Crippen molar-refractivity contribution in [3.63, 3.8) is 0 Å². The van der Waals surface area contributed by atoms with E-state index in [0.717, 1.165) is 5.69 Å². The van der Waals surface area contributed by atoms with E-state index in [1.807, 2.05) is 18.2 Å². The van der Waals surface area contributed by atoms with Gasteiger partial charge in [0.1, 0.15) is 16.2 Å². The lowest BCUT2D eigenvalue weighted by Gasteiger charge is -2.00. The van der Waals surface area contributed by atoms with Crippen LogP contribution in [0.3, 0.4) is 0 Å². The van der Waals surface area contributed by atoms with Crippen molar-refractivity contribution in [2.45, 2.75) is 0 Å². The third-order valence-corrected chi connectivity index (χ3v) is 2.50. The zero-order valence-electron chi connectivity index (χ0n) is 7.05. The van der Waals surface area contributed by atoms with Crippen LogP contribution in [-0.4, -0.2) is 14.8 Å². The van der Waals surface area contributed by atoms with Crippen molar-refractivity contribution in [2.75, 3.05) is 0 Å². The molecule has 2 rings (SSSR count). The van der Waals surface area contributed by atoms with E-state index in [-0.39, 0.29) is 0 Å². The van der Waals surface area contributed by atoms with Gasteiger partial charge in [0.25, 0.3) is 0 Å². The molecule has 0 saturated carbocycles. The van der Waals surface area contributed by atoms with Gasteiger partial charge in [-0.05, 0) is 28.1 Å². The van der Waals surface area contributed by atoms with Gasteiger partial charge in [0.2, 0.25) is 0 Å². The van der Waals surface area contributed by atoms with Crippen molar-refractivity contribution in [2.24, 2.45) is 0 Å². The molecular weight excluding hydrogens is 244 g/mol. The standard InChI is InChI=1S/C9H5BrN4/c10-9-7(5-11)6-13-14(9)8-1-3-12-4-2-8/h1-4,6H. The Morgan fingerprint density at radius 2 is 2.07 bits per heavy atom. The summed E-state index contributed by atoms with van der Waals surface area (Å²) in [4.78, 5) is 3.91. The van der Waals surface area contributed by atoms with Gasteiger partial charge in [0.15, 0.2) is 0 Å². The first-order chi connectivity index (χ1) is 6.83. The van der Waals surface area contributed by atoms with Crippen LogP contribution in [0, 0.1) is 11.3 Å². The van der Waals surface area contributed by atoms with Crippen LogP contribution in [0.2, 0.25) is 0 Å². The van der Waals surface area contributed by atoms with E-state index in [4.69, 9.17) is 5.26 Å². The quantitative estimate of drug-likeness (QED) is 0.775. The minimum absolute atomic E-state index is 0.516. The molecule has 4 nitrogen and oxygen atoms in total. The summed E-state index contributed by atoms with van der Waals surface area (Å²) in [5.41, 5.74) is 1.38. The summed E-state index contributed by atoms with van der Waals surface area (Å²) in [6.45, 7) is 0. The second-order valence-electron chi connectivity index (χ2n) is 2.58. The molecular formula is C9H5BrN4. The molecule has 5 heteroatoms. The lowest BCUT2D eigenvalue weighted by molar-refractivity contribution is 0.858. The van der Waals surface area contributed by atoms with Crippen molar-refractivity contribution in [1.82, 2.24) is 14.8 Å². The predicted octanol–water partition coefficient (Wildman–Crippen LogP) is 1.90. The van der Waals surface area contributed by atoms with Gasteiger partial charge in [0.05, 0.1) is 11.9 Å². The Kier molecular flexibility index (Phi) is 2.29. The van der Waals surface area contributed by atoms with E-state index in [1.165, 1.54) is 6.20 Å². The Bertz CT molecular complexity index is 483. The number of nitriles is 1. The number of hydrogen-bond donors (Lipinski definition) is 0. The Labute approximate surface area is 88.9 Å². The molecule has 0 aromatic carbocycles. The monoisotopic (exact) mass is 248 g/mol. The van der Waals surface area contributed by atoms with Gasteiger partial charge < -0.3 is 0 Å². The highest BCUT2D eigenvalue weighted by atomic mass is 79.9. The molecule has 0 aliphatic rings. The normalized spacial score (nSPS) is 9.71. The van der Waals surface area contributed by atoms with E-state index in [2.05, 4.69) is 26.0 Å². The third-order valence-electron chi connectivity index (χ3n) is 1.74. The van der Waals surface area contributed by atoms with Gasteiger partial charge in [-0.15, -0.1) is 0 Å². The SMILES string of the molecule is N#Cc1cnn(-c2ccncc2)c1Br. The van der Waals surface area contributed by atoms with Crippen molar-refractivity contribution in [3.8, 4) is 11.8 Å². The highest BCUT2D eigenvalue weighted by Gasteiger charge is 2.07. The molecule has 2 heterocycles. The summed E-state index contributed by atoms with van der Waals surface area (Å²) >= 11 is 3.31. The molecule has 0 fully saturated rings. The first-order valence-electron chi connectivity index (χ1n) is 3.87. The van der Waals surface area contributed by atoms with Crippen molar-refractivity contribution in [1.29, 1.82) is 5.26 Å². The Morgan fingerprint density at radius 3 is 2.64 bits per heavy atom. The predicted molar refractivity (Wildman–Crippen MR) is 53.8 cm³/mol. The first kappa shape index (κ1) is 8.91. The molecule has 2 aromatic rings. The lowest BCUT2D eigenvalue weighted by Crippen LogP contribution is -1.96. The fourth-order valence-electron chi connectivity index (χ4n) is 1.07. The van der Waals surface area contributed by atoms with Gasteiger partial charge in [-0.2, -0.15) is 10.4 Å². The zero-order valence-corrected chi connectivity index (χ0v) is 8.64. The van der Waals surface area contributed by atoms with Crippen molar-refractivity contribution < 1.29 is 0 Å². The number of aromatic nitrogens is 3. The van der Waals surface area contributed by atoms with Gasteiger partial charge in [-0.1, -0.05) is 0 Å². The topological polar surface area (TPSA) is 54.5 Å². The summed E-state index contributed by atoms with van der Waals surface area (Å²) < 4.78 is 2.30. The summed E-state index contributed by atoms with van der Waals surface area (Å²) in [7, 11) is 0. The highest BCUT2D eigenvalue weighted by molar-refractivity contribution is 9.10. The Hall–Kier alpha value is -1.67. The molecule has 0 N–H and O–H groups in total. The largest absolute Gasteiger partial charge is 0.265 e. The minimum atomic E-state index is 0.516. The number of hydrogen-bond acceptors (Lipinski definition) is 3. The van der Waals surface area contributed by atoms with Crippen LogP contribution in [0.15, 0.2) is 35.3 Å². The Balaban J connectivity index is 2.54.